The van der Waals surface area contributed by atoms with Gasteiger partial charge in [-0.3, -0.25) is 14.5 Å². The van der Waals surface area contributed by atoms with Crippen LogP contribution >= 0.6 is 0 Å². The van der Waals surface area contributed by atoms with E-state index in [0.29, 0.717) is 30.6 Å². The van der Waals surface area contributed by atoms with Crippen LogP contribution in [0.1, 0.15) is 56.9 Å². The van der Waals surface area contributed by atoms with Crippen molar-refractivity contribution in [1.29, 1.82) is 5.26 Å². The Kier molecular flexibility index (Phi) is 5.81. The van der Waals surface area contributed by atoms with Gasteiger partial charge in [-0.05, 0) is 113 Å². The fraction of sp³-hybridized carbons (Fsp3) is 0.690. The number of rotatable bonds is 7. The second-order valence-corrected chi connectivity index (χ2v) is 12.9. The lowest BCUT2D eigenvalue weighted by molar-refractivity contribution is -0.209. The van der Waals surface area contributed by atoms with E-state index in [-0.39, 0.29) is 35.1 Å². The first kappa shape index (κ1) is 24.7. The van der Waals surface area contributed by atoms with Crippen molar-refractivity contribution >= 4 is 11.9 Å². The summed E-state index contributed by atoms with van der Waals surface area (Å²) in [5.74, 6) is 1.16. The SMILES string of the molecule is CN(C)[C@@H](Cc1ccc(O)cc1)C(=O)OC12CC3CC(C1)CC([C@H](N)C(=O)N1[C@H](C#N)C[C@@H]4C[C@@H]41)(C3)C2. The smallest absolute Gasteiger partial charge is 0.324 e. The van der Waals surface area contributed by atoms with E-state index in [4.69, 9.17) is 10.5 Å². The summed E-state index contributed by atoms with van der Waals surface area (Å²) in [5, 5.41) is 19.3. The standard InChI is InChI=1S/C29H38N4O4/c1-32(2)24(8-17-3-5-22(34)6-4-17)27(36)37-29-13-18-7-19(14-29)12-28(11-18,16-29)25(31)26(35)33-21(15-30)9-20-10-23(20)33/h3-6,18-21,23-25,34H,7-14,16,31H2,1-2H3/t18?,19?,20-,21+,23+,24+,25-,28?,29?/m1/s1. The van der Waals surface area contributed by atoms with Crippen LogP contribution < -0.4 is 5.73 Å². The third-order valence-corrected chi connectivity index (χ3v) is 10.1. The van der Waals surface area contributed by atoms with Crippen molar-refractivity contribution in [2.24, 2.45) is 28.9 Å². The van der Waals surface area contributed by atoms with Gasteiger partial charge < -0.3 is 20.5 Å². The molecule has 1 heterocycles. The number of piperidine rings is 1. The highest BCUT2D eigenvalue weighted by Crippen LogP contribution is 2.64. The summed E-state index contributed by atoms with van der Waals surface area (Å²) in [5.41, 5.74) is 6.84. The van der Waals surface area contributed by atoms with E-state index >= 15 is 0 Å². The second-order valence-electron chi connectivity index (χ2n) is 12.9. The van der Waals surface area contributed by atoms with Crippen LogP contribution in [0, 0.1) is 34.5 Å². The number of phenolic OH excluding ortho intramolecular Hbond substituents is 1. The lowest BCUT2D eigenvalue weighted by Gasteiger charge is -2.62. The number of nitriles is 1. The van der Waals surface area contributed by atoms with Crippen molar-refractivity contribution in [2.75, 3.05) is 14.1 Å². The van der Waals surface area contributed by atoms with Crippen LogP contribution in [0.3, 0.4) is 0 Å². The topological polar surface area (TPSA) is 120 Å². The van der Waals surface area contributed by atoms with E-state index in [1.807, 2.05) is 31.1 Å². The molecular formula is C29H38N4O4. The molecule has 1 aromatic rings. The monoisotopic (exact) mass is 506 g/mol. The number of hydrogen-bond acceptors (Lipinski definition) is 7. The molecule has 0 radical (unpaired) electrons. The summed E-state index contributed by atoms with van der Waals surface area (Å²) in [6.45, 7) is 0. The van der Waals surface area contributed by atoms with Gasteiger partial charge in [-0.1, -0.05) is 12.1 Å². The summed E-state index contributed by atoms with van der Waals surface area (Å²) in [4.78, 5) is 31.1. The third kappa shape index (κ3) is 4.21. The first-order chi connectivity index (χ1) is 17.6. The van der Waals surface area contributed by atoms with E-state index < -0.39 is 17.7 Å². The zero-order valence-corrected chi connectivity index (χ0v) is 21.8. The minimum Gasteiger partial charge on any atom is -0.508 e. The number of fused-ring (bicyclic) bond motifs is 1. The number of phenols is 1. The molecule has 3 N–H and O–H groups in total. The molecule has 37 heavy (non-hydrogen) atoms. The third-order valence-electron chi connectivity index (χ3n) is 10.1. The number of likely N-dealkylation sites (tertiary alicyclic amines) is 1. The van der Waals surface area contributed by atoms with Crippen LogP contribution in [0.5, 0.6) is 5.75 Å². The maximum absolute atomic E-state index is 13.7. The summed E-state index contributed by atoms with van der Waals surface area (Å²) >= 11 is 0. The van der Waals surface area contributed by atoms with Crippen molar-refractivity contribution in [3.63, 3.8) is 0 Å². The minimum absolute atomic E-state index is 0.0709. The van der Waals surface area contributed by atoms with E-state index in [1.54, 1.807) is 17.0 Å². The molecule has 5 saturated carbocycles. The molecule has 7 rings (SSSR count). The number of aromatic hydroxyl groups is 1. The molecule has 1 amide bonds. The van der Waals surface area contributed by atoms with Crippen LogP contribution in [-0.2, 0) is 20.7 Å². The Morgan fingerprint density at radius 1 is 1.16 bits per heavy atom. The van der Waals surface area contributed by atoms with Gasteiger partial charge in [0.15, 0.2) is 0 Å². The molecule has 1 aromatic carbocycles. The van der Waals surface area contributed by atoms with E-state index in [9.17, 15) is 20.0 Å². The van der Waals surface area contributed by atoms with Crippen molar-refractivity contribution < 1.29 is 19.4 Å². The summed E-state index contributed by atoms with van der Waals surface area (Å²) < 4.78 is 6.46. The second kappa shape index (κ2) is 8.71. The average molecular weight is 507 g/mol. The molecule has 8 nitrogen and oxygen atoms in total. The molecule has 0 spiro atoms. The quantitative estimate of drug-likeness (QED) is 0.546. The lowest BCUT2D eigenvalue weighted by atomic mass is 9.46. The van der Waals surface area contributed by atoms with E-state index in [2.05, 4.69) is 6.07 Å². The van der Waals surface area contributed by atoms with Crippen LogP contribution in [-0.4, -0.2) is 70.6 Å². The molecule has 1 saturated heterocycles. The van der Waals surface area contributed by atoms with Gasteiger partial charge in [0.25, 0.3) is 0 Å². The first-order valence-corrected chi connectivity index (χ1v) is 13.8. The highest BCUT2D eigenvalue weighted by molar-refractivity contribution is 5.84. The Balaban J connectivity index is 1.21. The maximum Gasteiger partial charge on any atom is 0.324 e. The minimum atomic E-state index is -0.659. The number of esters is 1. The largest absolute Gasteiger partial charge is 0.508 e. The highest BCUT2D eigenvalue weighted by atomic mass is 16.6. The number of amides is 1. The predicted molar refractivity (Wildman–Crippen MR) is 136 cm³/mol. The number of nitrogens with two attached hydrogens (primary N) is 1. The number of hydrogen-bond donors (Lipinski definition) is 2. The Bertz CT molecular complexity index is 1110. The molecular weight excluding hydrogens is 468 g/mol. The lowest BCUT2D eigenvalue weighted by Crippen LogP contribution is -2.66. The molecule has 2 unspecified atom stereocenters. The Morgan fingerprint density at radius 3 is 2.46 bits per heavy atom. The van der Waals surface area contributed by atoms with Gasteiger partial charge in [0.2, 0.25) is 5.91 Å². The zero-order chi connectivity index (χ0) is 26.1. The molecule has 5 aliphatic carbocycles. The van der Waals surface area contributed by atoms with Crippen LogP contribution in [0.25, 0.3) is 0 Å². The molecule has 1 aliphatic heterocycles. The molecule has 4 bridgehead atoms. The Hall–Kier alpha value is -2.63. The summed E-state index contributed by atoms with van der Waals surface area (Å²) in [7, 11) is 3.77. The maximum atomic E-state index is 13.7. The number of nitrogens with zero attached hydrogens (tertiary/aromatic N) is 3. The van der Waals surface area contributed by atoms with Gasteiger partial charge in [-0.2, -0.15) is 5.26 Å². The average Bonchev–Trinajstić information content (AvgIpc) is 3.50. The summed E-state index contributed by atoms with van der Waals surface area (Å²) in [6, 6.07) is 7.98. The number of benzene rings is 1. The van der Waals surface area contributed by atoms with E-state index in [0.717, 1.165) is 50.5 Å². The predicted octanol–water partition coefficient (Wildman–Crippen LogP) is 2.59. The Labute approximate surface area is 218 Å². The van der Waals surface area contributed by atoms with Crippen molar-refractivity contribution in [2.45, 2.75) is 87.6 Å². The number of carbonyl (C=O) groups is 2. The Morgan fingerprint density at radius 2 is 1.84 bits per heavy atom. The first-order valence-electron chi connectivity index (χ1n) is 13.8. The molecule has 6 fully saturated rings. The van der Waals surface area contributed by atoms with Gasteiger partial charge in [0, 0.05) is 6.04 Å². The highest BCUT2D eigenvalue weighted by Gasteiger charge is 2.64. The van der Waals surface area contributed by atoms with Gasteiger partial charge >= 0.3 is 5.97 Å². The molecule has 0 aromatic heterocycles. The number of carbonyl (C=O) groups excluding carboxylic acids is 2. The normalized spacial score (nSPS) is 38.7. The fourth-order valence-electron chi connectivity index (χ4n) is 8.66. The zero-order valence-electron chi connectivity index (χ0n) is 21.8. The molecule has 198 valence electrons. The number of likely N-dealkylation sites (N-methyl/N-ethyl adjacent to an activating group) is 1. The van der Waals surface area contributed by atoms with Crippen molar-refractivity contribution in [3.05, 3.63) is 29.8 Å². The van der Waals surface area contributed by atoms with Crippen LogP contribution in [0.2, 0.25) is 0 Å². The molecule has 8 heteroatoms. The number of ether oxygens (including phenoxy) is 1. The molecule has 6 aliphatic rings. The van der Waals surface area contributed by atoms with Gasteiger partial charge in [-0.25, -0.2) is 0 Å². The fourth-order valence-corrected chi connectivity index (χ4v) is 8.66. The van der Waals surface area contributed by atoms with Crippen LogP contribution in [0.15, 0.2) is 24.3 Å². The summed E-state index contributed by atoms with van der Waals surface area (Å²) in [6.07, 6.45) is 7.48. The molecule has 7 atom stereocenters. The van der Waals surface area contributed by atoms with Gasteiger partial charge in [-0.15, -0.1) is 0 Å². The van der Waals surface area contributed by atoms with E-state index in [1.165, 1.54) is 0 Å². The van der Waals surface area contributed by atoms with Gasteiger partial charge in [0.1, 0.15) is 23.4 Å². The van der Waals surface area contributed by atoms with Crippen LogP contribution in [0.4, 0.5) is 0 Å². The van der Waals surface area contributed by atoms with Crippen molar-refractivity contribution in [1.82, 2.24) is 9.80 Å². The van der Waals surface area contributed by atoms with Crippen molar-refractivity contribution in [3.8, 4) is 11.8 Å². The van der Waals surface area contributed by atoms with Gasteiger partial charge in [0.05, 0.1) is 12.1 Å².